The van der Waals surface area contributed by atoms with Crippen molar-refractivity contribution in [2.24, 2.45) is 0 Å². The van der Waals surface area contributed by atoms with Gasteiger partial charge in [0, 0.05) is 0 Å². The number of allylic oxidation sites excluding steroid dienone is 1. The first-order chi connectivity index (χ1) is 6.20. The van der Waals surface area contributed by atoms with Gasteiger partial charge in [-0.1, -0.05) is 0 Å². The number of hydrogen-bond acceptors (Lipinski definition) is 3. The van der Waals surface area contributed by atoms with E-state index in [-0.39, 0.29) is 3.73 Å². The molecule has 0 fully saturated rings. The minimum absolute atomic E-state index is 0.136. The molecule has 0 unspecified atom stereocenters. The van der Waals surface area contributed by atoms with Gasteiger partial charge < -0.3 is 0 Å². The normalized spacial score (nSPS) is 15.5. The Bertz CT molecular complexity index is 204. The van der Waals surface area contributed by atoms with Gasteiger partial charge in [-0.15, -0.1) is 0 Å². The van der Waals surface area contributed by atoms with Gasteiger partial charge in [0.25, 0.3) is 0 Å². The molecule has 0 aliphatic carbocycles. The molecule has 4 heteroatoms. The van der Waals surface area contributed by atoms with Crippen LogP contribution in [0, 0.1) is 0 Å². The number of nitrogens with zero attached hydrogens (tertiary/aromatic N) is 1. The number of hydrogen-bond donors (Lipinski definition) is 0. The Morgan fingerprint density at radius 1 is 1.62 bits per heavy atom. The molecule has 0 bridgehead atoms. The third-order valence-corrected chi connectivity index (χ3v) is 9.13. The molecule has 3 nitrogen and oxygen atoms in total. The molecule has 72 valence electrons. The van der Waals surface area contributed by atoms with Gasteiger partial charge in [0.1, 0.15) is 0 Å². The number of carbonyl (C=O) groups is 1. The molecule has 0 spiro atoms. The van der Waals surface area contributed by atoms with Crippen molar-refractivity contribution in [1.29, 1.82) is 0 Å². The number of ether oxygens (including phenoxy) is 1. The van der Waals surface area contributed by atoms with Gasteiger partial charge in [-0.3, -0.25) is 0 Å². The fourth-order valence-electron chi connectivity index (χ4n) is 1.26. The number of rotatable bonds is 4. The summed E-state index contributed by atoms with van der Waals surface area (Å²) in [7, 11) is 3.96. The molecular formula is C9H16InNO2. The van der Waals surface area contributed by atoms with Crippen LogP contribution in [-0.2, 0) is 4.74 Å². The number of carbonyl (C=O) groups excluding carboxylic acids is 1. The van der Waals surface area contributed by atoms with Crippen molar-refractivity contribution in [3.63, 3.8) is 0 Å². The van der Waals surface area contributed by atoms with E-state index in [2.05, 4.69) is 9.91 Å². The van der Waals surface area contributed by atoms with E-state index in [1.165, 1.54) is 0 Å². The maximum atomic E-state index is 11.4. The van der Waals surface area contributed by atoms with Crippen LogP contribution < -0.4 is 0 Å². The third kappa shape index (κ3) is 4.18. The second-order valence-electron chi connectivity index (χ2n) is 3.58. The molecule has 0 atom stereocenters. The van der Waals surface area contributed by atoms with Crippen molar-refractivity contribution in [2.45, 2.75) is 10.6 Å². The van der Waals surface area contributed by atoms with E-state index in [1.54, 1.807) is 0 Å². The Morgan fingerprint density at radius 3 is 2.92 bits per heavy atom. The first-order valence-electron chi connectivity index (χ1n) is 4.68. The zero-order chi connectivity index (χ0) is 9.68. The molecule has 0 aromatic rings. The molecule has 1 rings (SSSR count). The van der Waals surface area contributed by atoms with Crippen LogP contribution >= 0.6 is 0 Å². The SMILES string of the molecule is CN(C)CCO[C](=O)[In]1[CH]=CC[CH2]1. The van der Waals surface area contributed by atoms with Gasteiger partial charge in [-0.25, -0.2) is 0 Å². The molecular weight excluding hydrogens is 269 g/mol. The Balaban J connectivity index is 2.14. The van der Waals surface area contributed by atoms with Crippen LogP contribution in [0.15, 0.2) is 9.91 Å². The summed E-state index contributed by atoms with van der Waals surface area (Å²) in [5.74, 6) is 0. The van der Waals surface area contributed by atoms with Gasteiger partial charge in [-0.05, 0) is 0 Å². The molecule has 0 amide bonds. The first kappa shape index (κ1) is 11.1. The van der Waals surface area contributed by atoms with Crippen LogP contribution in [0.4, 0.5) is 4.79 Å². The summed E-state index contributed by atoms with van der Waals surface area (Å²) in [6, 6.07) is 0. The van der Waals surface area contributed by atoms with E-state index in [0.29, 0.717) is 6.61 Å². The third-order valence-electron chi connectivity index (χ3n) is 2.10. The van der Waals surface area contributed by atoms with E-state index < -0.39 is 21.4 Å². The summed E-state index contributed by atoms with van der Waals surface area (Å²) in [4.78, 5) is 13.4. The second kappa shape index (κ2) is 5.70. The predicted octanol–water partition coefficient (Wildman–Crippen LogP) is 1.26. The van der Waals surface area contributed by atoms with Crippen LogP contribution in [0.3, 0.4) is 0 Å². The topological polar surface area (TPSA) is 29.5 Å². The van der Waals surface area contributed by atoms with E-state index >= 15 is 0 Å². The standard InChI is InChI=1S/C5H10NO2.C4H6.In/c1-6(2)3-4-8-5-7;1-3-4-2;/h3-4H2,1-2H3;1,3H,2,4H2;. The predicted molar refractivity (Wildman–Crippen MR) is 54.2 cm³/mol. The summed E-state index contributed by atoms with van der Waals surface area (Å²) >= 11 is -1.97. The molecule has 1 aliphatic heterocycles. The van der Waals surface area contributed by atoms with Gasteiger partial charge >= 0.3 is 87.3 Å². The van der Waals surface area contributed by atoms with Crippen LogP contribution in [0.2, 0.25) is 4.18 Å². The second-order valence-corrected chi connectivity index (χ2v) is 11.1. The van der Waals surface area contributed by atoms with Gasteiger partial charge in [0.2, 0.25) is 0 Å². The van der Waals surface area contributed by atoms with Gasteiger partial charge in [-0.2, -0.15) is 0 Å². The Kier molecular flexibility index (Phi) is 4.88. The van der Waals surface area contributed by atoms with Gasteiger partial charge in [0.15, 0.2) is 0 Å². The average molecular weight is 285 g/mol. The molecule has 0 saturated heterocycles. The van der Waals surface area contributed by atoms with Crippen LogP contribution in [0.25, 0.3) is 0 Å². The van der Waals surface area contributed by atoms with Crippen molar-refractivity contribution >= 4 is 25.2 Å². The van der Waals surface area contributed by atoms with E-state index in [9.17, 15) is 4.79 Å². The van der Waals surface area contributed by atoms with Crippen molar-refractivity contribution < 1.29 is 9.53 Å². The molecule has 0 N–H and O–H groups in total. The Morgan fingerprint density at radius 2 is 2.38 bits per heavy atom. The van der Waals surface area contributed by atoms with Crippen LogP contribution in [0.5, 0.6) is 0 Å². The minimum atomic E-state index is -1.97. The summed E-state index contributed by atoms with van der Waals surface area (Å²) in [6.07, 6.45) is 3.23. The maximum absolute atomic E-state index is 11.4. The molecule has 0 aromatic heterocycles. The fourth-order valence-corrected chi connectivity index (χ4v) is 6.94. The zero-order valence-electron chi connectivity index (χ0n) is 8.32. The molecule has 1 aliphatic rings. The summed E-state index contributed by atoms with van der Waals surface area (Å²) in [6.45, 7) is 1.38. The quantitative estimate of drug-likeness (QED) is 0.779. The molecule has 13 heavy (non-hydrogen) atoms. The summed E-state index contributed by atoms with van der Waals surface area (Å²) < 4.78 is 8.61. The number of likely N-dealkylation sites (N-methyl/N-ethyl adjacent to an activating group) is 1. The van der Waals surface area contributed by atoms with Crippen molar-refractivity contribution in [1.82, 2.24) is 4.90 Å². The van der Waals surface area contributed by atoms with E-state index in [0.717, 1.165) is 17.1 Å². The molecule has 0 radical (unpaired) electrons. The molecule has 1 heterocycles. The van der Waals surface area contributed by atoms with Crippen molar-refractivity contribution in [3.8, 4) is 0 Å². The Labute approximate surface area is 87.3 Å². The van der Waals surface area contributed by atoms with Crippen LogP contribution in [-0.4, -0.2) is 57.3 Å². The molecule has 0 saturated carbocycles. The van der Waals surface area contributed by atoms with E-state index in [4.69, 9.17) is 4.74 Å². The van der Waals surface area contributed by atoms with Crippen molar-refractivity contribution in [3.05, 3.63) is 9.91 Å². The first-order valence-corrected chi connectivity index (χ1v) is 10.6. The monoisotopic (exact) mass is 285 g/mol. The average Bonchev–Trinajstić information content (AvgIpc) is 2.55. The van der Waals surface area contributed by atoms with Crippen molar-refractivity contribution in [2.75, 3.05) is 27.2 Å². The summed E-state index contributed by atoms with van der Waals surface area (Å²) in [5, 5.41) is 0. The van der Waals surface area contributed by atoms with Crippen LogP contribution in [0.1, 0.15) is 6.42 Å². The van der Waals surface area contributed by atoms with E-state index in [1.807, 2.05) is 19.0 Å². The fraction of sp³-hybridized carbons (Fsp3) is 0.667. The van der Waals surface area contributed by atoms with Gasteiger partial charge in [0.05, 0.1) is 0 Å². The zero-order valence-corrected chi connectivity index (χ0v) is 11.6. The molecule has 0 aromatic carbocycles. The summed E-state index contributed by atoms with van der Waals surface area (Å²) in [5.41, 5.74) is 0. The Hall–Kier alpha value is 0.0401.